The maximum atomic E-state index is 12.4. The molecule has 0 spiro atoms. The zero-order valence-corrected chi connectivity index (χ0v) is 13.3. The Labute approximate surface area is 132 Å². The lowest BCUT2D eigenvalue weighted by Crippen LogP contribution is -2.31. The van der Waals surface area contributed by atoms with Crippen molar-refractivity contribution in [3.05, 3.63) is 44.0 Å². The fourth-order valence-corrected chi connectivity index (χ4v) is 3.34. The van der Waals surface area contributed by atoms with Gasteiger partial charge in [0.25, 0.3) is 5.56 Å². The molecule has 0 unspecified atom stereocenters. The van der Waals surface area contributed by atoms with E-state index in [1.54, 1.807) is 22.2 Å². The molecule has 0 saturated heterocycles. The maximum Gasteiger partial charge on any atom is 0.291 e. The zero-order valence-electron chi connectivity index (χ0n) is 11.7. The summed E-state index contributed by atoms with van der Waals surface area (Å²) >= 11 is 7.79. The number of thiophene rings is 1. The molecule has 0 radical (unpaired) electrons. The van der Waals surface area contributed by atoms with E-state index in [9.17, 15) is 4.79 Å². The van der Waals surface area contributed by atoms with Gasteiger partial charge in [-0.3, -0.25) is 4.79 Å². The first-order valence-electron chi connectivity index (χ1n) is 7.24. The number of nitrogens with zero attached hydrogens (tertiary/aromatic N) is 2. The van der Waals surface area contributed by atoms with Crippen molar-refractivity contribution in [3.63, 3.8) is 0 Å². The minimum atomic E-state index is -0.111. The molecular weight excluding hydrogens is 306 g/mol. The number of rotatable bonds is 6. The summed E-state index contributed by atoms with van der Waals surface area (Å²) in [6, 6.07) is 2.09. The highest BCUT2D eigenvalue weighted by molar-refractivity contribution is 7.07. The summed E-state index contributed by atoms with van der Waals surface area (Å²) in [5, 5.41) is 11.9. The van der Waals surface area contributed by atoms with Crippen LogP contribution in [0, 0.1) is 5.92 Å². The fourth-order valence-electron chi connectivity index (χ4n) is 2.45. The smallest absolute Gasteiger partial charge is 0.291 e. The van der Waals surface area contributed by atoms with Gasteiger partial charge < -0.3 is 5.32 Å². The third-order valence-electron chi connectivity index (χ3n) is 3.95. The van der Waals surface area contributed by atoms with E-state index in [0.29, 0.717) is 29.7 Å². The highest BCUT2D eigenvalue weighted by atomic mass is 35.5. The van der Waals surface area contributed by atoms with E-state index in [1.807, 2.05) is 0 Å². The van der Waals surface area contributed by atoms with Crippen LogP contribution >= 0.6 is 22.9 Å². The SMILES string of the molecule is O=c1c(NCCc2ccsc2)c(Cl)cnn1CC1CCC1. The number of hydrogen-bond donors (Lipinski definition) is 1. The number of anilines is 1. The summed E-state index contributed by atoms with van der Waals surface area (Å²) in [6.45, 7) is 1.40. The molecule has 1 aliphatic rings. The normalized spacial score (nSPS) is 14.9. The average molecular weight is 324 g/mol. The van der Waals surface area contributed by atoms with Crippen LogP contribution in [0.2, 0.25) is 5.02 Å². The summed E-state index contributed by atoms with van der Waals surface area (Å²) < 4.78 is 1.54. The predicted molar refractivity (Wildman–Crippen MR) is 87.4 cm³/mol. The quantitative estimate of drug-likeness (QED) is 0.886. The van der Waals surface area contributed by atoms with Crippen LogP contribution in [-0.2, 0) is 13.0 Å². The number of nitrogens with one attached hydrogen (secondary N) is 1. The van der Waals surface area contributed by atoms with Gasteiger partial charge in [0.1, 0.15) is 5.69 Å². The lowest BCUT2D eigenvalue weighted by atomic mass is 9.85. The van der Waals surface area contributed by atoms with Crippen molar-refractivity contribution in [2.24, 2.45) is 5.92 Å². The Bertz CT molecular complexity index is 649. The molecule has 3 rings (SSSR count). The highest BCUT2D eigenvalue weighted by Gasteiger charge is 2.20. The highest BCUT2D eigenvalue weighted by Crippen LogP contribution is 2.27. The molecule has 0 bridgehead atoms. The summed E-state index contributed by atoms with van der Waals surface area (Å²) in [5.74, 6) is 0.593. The van der Waals surface area contributed by atoms with Gasteiger partial charge in [0.05, 0.1) is 11.2 Å². The van der Waals surface area contributed by atoms with Crippen LogP contribution in [0.5, 0.6) is 0 Å². The Morgan fingerprint density at radius 1 is 1.48 bits per heavy atom. The lowest BCUT2D eigenvalue weighted by Gasteiger charge is -2.25. The predicted octanol–water partition coefficient (Wildman–Crippen LogP) is 3.41. The van der Waals surface area contributed by atoms with Crippen molar-refractivity contribution < 1.29 is 0 Å². The minimum Gasteiger partial charge on any atom is -0.379 e. The van der Waals surface area contributed by atoms with Crippen molar-refractivity contribution in [1.82, 2.24) is 9.78 Å². The number of aromatic nitrogens is 2. The molecule has 0 amide bonds. The summed E-state index contributed by atoms with van der Waals surface area (Å²) in [7, 11) is 0. The molecule has 2 aromatic rings. The van der Waals surface area contributed by atoms with Gasteiger partial charge in [0.15, 0.2) is 0 Å². The van der Waals surface area contributed by atoms with Crippen molar-refractivity contribution in [3.8, 4) is 0 Å². The Morgan fingerprint density at radius 3 is 3.00 bits per heavy atom. The first-order valence-corrected chi connectivity index (χ1v) is 8.56. The third-order valence-corrected chi connectivity index (χ3v) is 4.97. The molecule has 1 fully saturated rings. The van der Waals surface area contributed by atoms with Crippen LogP contribution in [0.4, 0.5) is 5.69 Å². The molecule has 1 aliphatic carbocycles. The molecule has 0 aliphatic heterocycles. The topological polar surface area (TPSA) is 46.9 Å². The Morgan fingerprint density at radius 2 is 2.33 bits per heavy atom. The van der Waals surface area contributed by atoms with E-state index in [2.05, 4.69) is 27.2 Å². The third kappa shape index (κ3) is 3.47. The standard InChI is InChI=1S/C15H18ClN3OS/c16-13-8-18-19(9-11-2-1-3-11)15(20)14(13)17-6-4-12-5-7-21-10-12/h5,7-8,10-11,17H,1-4,6,9H2. The van der Waals surface area contributed by atoms with E-state index >= 15 is 0 Å². The molecule has 0 aromatic carbocycles. The molecular formula is C15H18ClN3OS. The summed E-state index contributed by atoms with van der Waals surface area (Å²) in [5.41, 5.74) is 1.63. The fraction of sp³-hybridized carbons (Fsp3) is 0.467. The zero-order chi connectivity index (χ0) is 14.7. The molecule has 21 heavy (non-hydrogen) atoms. The van der Waals surface area contributed by atoms with Crippen molar-refractivity contribution in [2.45, 2.75) is 32.2 Å². The Balaban J connectivity index is 1.67. The Kier molecular flexibility index (Phi) is 4.60. The average Bonchev–Trinajstić information content (AvgIpc) is 2.93. The van der Waals surface area contributed by atoms with Crippen LogP contribution < -0.4 is 10.9 Å². The molecule has 0 atom stereocenters. The molecule has 1 N–H and O–H groups in total. The van der Waals surface area contributed by atoms with Crippen LogP contribution in [0.3, 0.4) is 0 Å². The van der Waals surface area contributed by atoms with Crippen LogP contribution in [0.25, 0.3) is 0 Å². The van der Waals surface area contributed by atoms with Crippen LogP contribution in [-0.4, -0.2) is 16.3 Å². The van der Waals surface area contributed by atoms with Gasteiger partial charge in [-0.15, -0.1) is 0 Å². The van der Waals surface area contributed by atoms with E-state index in [4.69, 9.17) is 11.6 Å². The van der Waals surface area contributed by atoms with Gasteiger partial charge in [-0.2, -0.15) is 16.4 Å². The number of hydrogen-bond acceptors (Lipinski definition) is 4. The van der Waals surface area contributed by atoms with Crippen molar-refractivity contribution in [1.29, 1.82) is 0 Å². The molecule has 112 valence electrons. The number of halogens is 1. The first-order chi connectivity index (χ1) is 10.2. The van der Waals surface area contributed by atoms with Gasteiger partial charge in [-0.05, 0) is 47.6 Å². The van der Waals surface area contributed by atoms with Crippen LogP contribution in [0.15, 0.2) is 27.8 Å². The maximum absolute atomic E-state index is 12.4. The molecule has 2 aromatic heterocycles. The second-order valence-electron chi connectivity index (χ2n) is 5.46. The molecule has 1 saturated carbocycles. The summed E-state index contributed by atoms with van der Waals surface area (Å²) in [4.78, 5) is 12.4. The lowest BCUT2D eigenvalue weighted by molar-refractivity contribution is 0.262. The summed E-state index contributed by atoms with van der Waals surface area (Å²) in [6.07, 6.45) is 6.09. The van der Waals surface area contributed by atoms with E-state index in [-0.39, 0.29) is 5.56 Å². The minimum absolute atomic E-state index is 0.111. The largest absolute Gasteiger partial charge is 0.379 e. The van der Waals surface area contributed by atoms with Crippen LogP contribution in [0.1, 0.15) is 24.8 Å². The van der Waals surface area contributed by atoms with Gasteiger partial charge >= 0.3 is 0 Å². The van der Waals surface area contributed by atoms with Gasteiger partial charge in [0, 0.05) is 13.1 Å². The van der Waals surface area contributed by atoms with Crippen molar-refractivity contribution in [2.75, 3.05) is 11.9 Å². The monoisotopic (exact) mass is 323 g/mol. The Hall–Kier alpha value is -1.33. The van der Waals surface area contributed by atoms with E-state index < -0.39 is 0 Å². The second-order valence-corrected chi connectivity index (χ2v) is 6.65. The van der Waals surface area contributed by atoms with E-state index in [0.717, 1.165) is 6.42 Å². The van der Waals surface area contributed by atoms with Gasteiger partial charge in [-0.1, -0.05) is 18.0 Å². The molecule has 4 nitrogen and oxygen atoms in total. The molecule has 6 heteroatoms. The van der Waals surface area contributed by atoms with Gasteiger partial charge in [0.2, 0.25) is 0 Å². The second kappa shape index (κ2) is 6.62. The van der Waals surface area contributed by atoms with Gasteiger partial charge in [-0.25, -0.2) is 4.68 Å². The van der Waals surface area contributed by atoms with E-state index in [1.165, 1.54) is 24.8 Å². The molecule has 2 heterocycles. The first kappa shape index (κ1) is 14.6. The van der Waals surface area contributed by atoms with Crippen molar-refractivity contribution >= 4 is 28.6 Å².